The Morgan fingerprint density at radius 3 is 0.694 bits per heavy atom. The highest BCUT2D eigenvalue weighted by Gasteiger charge is 2.30. The Morgan fingerprint density at radius 1 is 0.276 bits per heavy atom. The van der Waals surface area contributed by atoms with Crippen LogP contribution in [0.5, 0.6) is 0 Å². The average Bonchev–Trinajstić information content (AvgIpc) is 1.04. The molecule has 0 saturated heterocycles. The van der Waals surface area contributed by atoms with E-state index in [9.17, 15) is 43.2 Å². The Labute approximate surface area is 600 Å². The molecule has 0 bridgehead atoms. The summed E-state index contributed by atoms with van der Waals surface area (Å²) in [5.41, 5.74) is 0. The van der Waals surface area contributed by atoms with Gasteiger partial charge in [-0.3, -0.25) is 37.3 Å². The number of unbranched alkanes of at least 4 members (excludes halogenated alkanes) is 48. The summed E-state index contributed by atoms with van der Waals surface area (Å²) in [5.74, 6) is -0.641. The quantitative estimate of drug-likeness (QED) is 0.0222. The molecule has 3 N–H and O–H groups in total. The number of carbonyl (C=O) groups excluding carboxylic acids is 4. The molecule has 0 aromatic rings. The van der Waals surface area contributed by atoms with Gasteiger partial charge in [0.15, 0.2) is 12.2 Å². The SMILES string of the molecule is CCCCCCCCCCCCCCCCCCCCCC(=O)O[C@H](COC(=O)CCCCCCCCCCCCCCCCC)COP(=O)(O)OC[C@@H](O)COP(=O)(O)OC[C@@H](COC(=O)CCCCCCCCCC(C)C)OC(=O)CCCCCCCCCCCCCC(C)C. The monoisotopic (exact) mass is 1440 g/mol. The zero-order chi connectivity index (χ0) is 72.1. The second-order valence-corrected chi connectivity index (χ2v) is 32.3. The molecular weight excluding hydrogens is 1280 g/mol. The standard InChI is InChI=1S/C79H154O17P2/c1-7-9-11-13-15-17-19-21-23-24-25-26-28-30-34-38-44-51-57-63-78(83)95-74(67-89-76(81)61-55-49-43-37-33-29-27-22-20-18-16-14-12-10-8-2)69-93-97(85,86)91-65-73(80)66-92-98(87,88)94-70-75(68-90-77(82)62-56-50-46-40-42-48-54-60-72(5)6)96-79(84)64-58-52-45-39-35-31-32-36-41-47-53-59-71(3)4/h71-75,80H,7-70H2,1-6H3,(H,85,86)(H,87,88)/t73-,74-,75-/m1/s1. The second-order valence-electron chi connectivity index (χ2n) is 29.4. The molecule has 98 heavy (non-hydrogen) atoms. The molecule has 0 aliphatic heterocycles. The van der Waals surface area contributed by atoms with E-state index in [0.717, 1.165) is 102 Å². The molecule has 0 radical (unpaired) electrons. The largest absolute Gasteiger partial charge is 0.472 e. The second kappa shape index (κ2) is 70.7. The Morgan fingerprint density at radius 2 is 0.469 bits per heavy atom. The molecule has 0 saturated carbocycles. The summed E-state index contributed by atoms with van der Waals surface area (Å²) < 4.78 is 68.6. The van der Waals surface area contributed by atoms with Crippen molar-refractivity contribution in [2.24, 2.45) is 11.8 Å². The van der Waals surface area contributed by atoms with Gasteiger partial charge in [0.25, 0.3) is 0 Å². The fourth-order valence-electron chi connectivity index (χ4n) is 12.2. The molecule has 19 heteroatoms. The van der Waals surface area contributed by atoms with Gasteiger partial charge in [-0.05, 0) is 37.5 Å². The smallest absolute Gasteiger partial charge is 0.462 e. The van der Waals surface area contributed by atoms with Crippen molar-refractivity contribution in [3.63, 3.8) is 0 Å². The number of hydrogen-bond donors (Lipinski definition) is 3. The molecular formula is C79H154O17P2. The number of aliphatic hydroxyl groups excluding tert-OH is 1. The molecule has 0 spiro atoms. The maximum Gasteiger partial charge on any atom is 0.472 e. The Bertz CT molecular complexity index is 1890. The first-order valence-electron chi connectivity index (χ1n) is 41.0. The number of phosphoric ester groups is 2. The van der Waals surface area contributed by atoms with Gasteiger partial charge in [-0.15, -0.1) is 0 Å². The molecule has 2 unspecified atom stereocenters. The van der Waals surface area contributed by atoms with Gasteiger partial charge in [-0.25, -0.2) is 9.13 Å². The molecule has 0 amide bonds. The number of phosphoric acid groups is 2. The lowest BCUT2D eigenvalue weighted by atomic mass is 10.0. The van der Waals surface area contributed by atoms with Gasteiger partial charge in [0.05, 0.1) is 26.4 Å². The minimum absolute atomic E-state index is 0.106. The van der Waals surface area contributed by atoms with E-state index >= 15 is 0 Å². The van der Waals surface area contributed by atoms with Crippen LogP contribution in [-0.4, -0.2) is 96.7 Å². The van der Waals surface area contributed by atoms with Gasteiger partial charge < -0.3 is 33.8 Å². The van der Waals surface area contributed by atoms with E-state index in [1.165, 1.54) is 225 Å². The van der Waals surface area contributed by atoms with E-state index < -0.39 is 97.5 Å². The van der Waals surface area contributed by atoms with Crippen molar-refractivity contribution in [1.82, 2.24) is 0 Å². The van der Waals surface area contributed by atoms with E-state index in [1.807, 2.05) is 0 Å². The Hall–Kier alpha value is -1.94. The van der Waals surface area contributed by atoms with E-state index in [-0.39, 0.29) is 25.7 Å². The van der Waals surface area contributed by atoms with Crippen LogP contribution in [0.3, 0.4) is 0 Å². The van der Waals surface area contributed by atoms with Gasteiger partial charge in [0, 0.05) is 25.7 Å². The van der Waals surface area contributed by atoms with Crippen LogP contribution in [0.25, 0.3) is 0 Å². The van der Waals surface area contributed by atoms with Gasteiger partial charge in [-0.1, -0.05) is 363 Å². The predicted molar refractivity (Wildman–Crippen MR) is 400 cm³/mol. The lowest BCUT2D eigenvalue weighted by Crippen LogP contribution is -2.30. The third-order valence-electron chi connectivity index (χ3n) is 18.5. The highest BCUT2D eigenvalue weighted by molar-refractivity contribution is 7.47. The number of aliphatic hydroxyl groups is 1. The van der Waals surface area contributed by atoms with Crippen molar-refractivity contribution in [3.05, 3.63) is 0 Å². The number of ether oxygens (including phenoxy) is 4. The minimum atomic E-state index is -4.96. The lowest BCUT2D eigenvalue weighted by Gasteiger charge is -2.21. The topological polar surface area (TPSA) is 237 Å². The summed E-state index contributed by atoms with van der Waals surface area (Å²) in [7, 11) is -9.92. The zero-order valence-electron chi connectivity index (χ0n) is 64.1. The number of esters is 4. The van der Waals surface area contributed by atoms with E-state index in [1.54, 1.807) is 0 Å². The van der Waals surface area contributed by atoms with Crippen LogP contribution in [-0.2, 0) is 65.4 Å². The highest BCUT2D eigenvalue weighted by atomic mass is 31.2. The maximum absolute atomic E-state index is 13.1. The Balaban J connectivity index is 5.24. The molecule has 0 fully saturated rings. The van der Waals surface area contributed by atoms with Crippen molar-refractivity contribution >= 4 is 39.5 Å². The number of rotatable bonds is 78. The minimum Gasteiger partial charge on any atom is -0.462 e. The summed E-state index contributed by atoms with van der Waals surface area (Å²) in [6, 6.07) is 0. The van der Waals surface area contributed by atoms with E-state index in [4.69, 9.17) is 37.0 Å². The molecule has 5 atom stereocenters. The maximum atomic E-state index is 13.1. The van der Waals surface area contributed by atoms with Gasteiger partial charge in [-0.2, -0.15) is 0 Å². The fraction of sp³-hybridized carbons (Fsp3) is 0.949. The van der Waals surface area contributed by atoms with E-state index in [0.29, 0.717) is 31.6 Å². The number of hydrogen-bond acceptors (Lipinski definition) is 15. The van der Waals surface area contributed by atoms with Crippen LogP contribution >= 0.6 is 15.6 Å². The van der Waals surface area contributed by atoms with Gasteiger partial charge >= 0.3 is 39.5 Å². The van der Waals surface area contributed by atoms with Crippen molar-refractivity contribution in [2.45, 2.75) is 432 Å². The summed E-state index contributed by atoms with van der Waals surface area (Å²) in [6.45, 7) is 9.57. The van der Waals surface area contributed by atoms with Crippen LogP contribution < -0.4 is 0 Å². The summed E-state index contributed by atoms with van der Waals surface area (Å²) in [4.78, 5) is 72.9. The first-order chi connectivity index (χ1) is 47.4. The van der Waals surface area contributed by atoms with Crippen LogP contribution in [0.4, 0.5) is 0 Å². The lowest BCUT2D eigenvalue weighted by molar-refractivity contribution is -0.161. The summed E-state index contributed by atoms with van der Waals surface area (Å²) in [6.07, 6.45) is 59.7. The summed E-state index contributed by atoms with van der Waals surface area (Å²) in [5, 5.41) is 10.6. The van der Waals surface area contributed by atoms with Crippen LogP contribution in [0.2, 0.25) is 0 Å². The first kappa shape index (κ1) is 96.1. The Kier molecular flexibility index (Phi) is 69.3. The zero-order valence-corrected chi connectivity index (χ0v) is 65.9. The van der Waals surface area contributed by atoms with Crippen molar-refractivity contribution in [2.75, 3.05) is 39.6 Å². The third-order valence-corrected chi connectivity index (χ3v) is 20.4. The van der Waals surface area contributed by atoms with Crippen LogP contribution in [0, 0.1) is 11.8 Å². The summed E-state index contributed by atoms with van der Waals surface area (Å²) >= 11 is 0. The molecule has 0 heterocycles. The van der Waals surface area contributed by atoms with Crippen LogP contribution in [0.1, 0.15) is 414 Å². The average molecular weight is 1440 g/mol. The number of carbonyl (C=O) groups is 4. The third kappa shape index (κ3) is 72.4. The molecule has 0 rings (SSSR count). The molecule has 17 nitrogen and oxygen atoms in total. The molecule has 0 aliphatic rings. The van der Waals surface area contributed by atoms with Gasteiger partial charge in [0.2, 0.25) is 0 Å². The van der Waals surface area contributed by atoms with Crippen molar-refractivity contribution in [3.8, 4) is 0 Å². The van der Waals surface area contributed by atoms with Crippen LogP contribution in [0.15, 0.2) is 0 Å². The normalized spacial score (nSPS) is 13.9. The fourth-order valence-corrected chi connectivity index (χ4v) is 13.8. The van der Waals surface area contributed by atoms with Gasteiger partial charge in [0.1, 0.15) is 19.3 Å². The molecule has 0 aromatic heterocycles. The van der Waals surface area contributed by atoms with Crippen molar-refractivity contribution in [1.29, 1.82) is 0 Å². The van der Waals surface area contributed by atoms with E-state index in [2.05, 4.69) is 41.5 Å². The predicted octanol–water partition coefficient (Wildman–Crippen LogP) is 23.5. The molecule has 0 aliphatic carbocycles. The molecule has 582 valence electrons. The van der Waals surface area contributed by atoms with Crippen molar-refractivity contribution < 1.29 is 80.2 Å². The highest BCUT2D eigenvalue weighted by Crippen LogP contribution is 2.45. The molecule has 0 aromatic carbocycles. The first-order valence-corrected chi connectivity index (χ1v) is 44.0.